The summed E-state index contributed by atoms with van der Waals surface area (Å²) in [5.74, 6) is -1.09. The lowest BCUT2D eigenvalue weighted by atomic mass is 10.0. The van der Waals surface area contributed by atoms with E-state index in [1.54, 1.807) is 0 Å². The van der Waals surface area contributed by atoms with Gasteiger partial charge >= 0.3 is 6.18 Å². The number of ether oxygens (including phenoxy) is 1. The quantitative estimate of drug-likeness (QED) is 0.380. The number of amides is 1. The molecule has 2 aromatic heterocycles. The first-order valence-corrected chi connectivity index (χ1v) is 8.17. The number of nitrogens with one attached hydrogen (secondary N) is 2. The van der Waals surface area contributed by atoms with E-state index in [4.69, 9.17) is 4.74 Å². The van der Waals surface area contributed by atoms with Crippen molar-refractivity contribution in [2.45, 2.75) is 6.18 Å². The first-order chi connectivity index (χ1) is 13.8. The Balaban J connectivity index is 1.82. The lowest BCUT2D eigenvalue weighted by Gasteiger charge is -2.12. The largest absolute Gasteiger partial charge is 0.481 e. The number of carbonyl (C=O) groups excluding carboxylic acids is 1. The van der Waals surface area contributed by atoms with Crippen LogP contribution in [0.15, 0.2) is 54.9 Å². The van der Waals surface area contributed by atoms with Crippen molar-refractivity contribution >= 4 is 11.6 Å². The molecular weight excluding hydrogens is 392 g/mol. The second kappa shape index (κ2) is 8.13. The third-order valence-electron chi connectivity index (χ3n) is 3.88. The number of alkyl halides is 3. The summed E-state index contributed by atoms with van der Waals surface area (Å²) in [6, 6.07) is 8.34. The molecule has 3 rings (SSSR count). The van der Waals surface area contributed by atoms with Gasteiger partial charge in [0.05, 0.1) is 30.1 Å². The number of hydrogen-bond donors (Lipinski definition) is 2. The highest BCUT2D eigenvalue weighted by Crippen LogP contribution is 2.33. The molecule has 0 radical (unpaired) electrons. The van der Waals surface area contributed by atoms with Gasteiger partial charge in [-0.3, -0.25) is 15.6 Å². The van der Waals surface area contributed by atoms with Gasteiger partial charge in [-0.1, -0.05) is 12.1 Å². The maximum absolute atomic E-state index is 12.8. The Kier molecular flexibility index (Phi) is 5.62. The number of anilines is 1. The minimum Gasteiger partial charge on any atom is -0.481 e. The van der Waals surface area contributed by atoms with Crippen molar-refractivity contribution in [2.24, 2.45) is 0 Å². The Labute approximate surface area is 162 Å². The molecule has 29 heavy (non-hydrogen) atoms. The first-order valence-electron chi connectivity index (χ1n) is 8.17. The molecule has 0 aliphatic carbocycles. The number of methoxy groups -OCH3 is 1. The van der Waals surface area contributed by atoms with E-state index in [1.807, 2.05) is 0 Å². The van der Waals surface area contributed by atoms with Gasteiger partial charge in [-0.25, -0.2) is 9.97 Å². The Morgan fingerprint density at radius 3 is 2.34 bits per heavy atom. The van der Waals surface area contributed by atoms with Crippen molar-refractivity contribution in [3.63, 3.8) is 0 Å². The highest BCUT2D eigenvalue weighted by atomic mass is 19.4. The predicted molar refractivity (Wildman–Crippen MR) is 96.5 cm³/mol. The SMILES string of the molecule is COc1ncc(C(=O)NNc2ccc(F)nc2)cc1-c1ccc(C(F)(F)F)cc1. The van der Waals surface area contributed by atoms with Gasteiger partial charge < -0.3 is 4.74 Å². The van der Waals surface area contributed by atoms with Crippen molar-refractivity contribution < 1.29 is 27.1 Å². The van der Waals surface area contributed by atoms with E-state index in [2.05, 4.69) is 20.8 Å². The van der Waals surface area contributed by atoms with Crippen LogP contribution in [-0.2, 0) is 6.18 Å². The standard InChI is InChI=1S/C19H14F4N4O2/c1-29-18-15(11-2-4-13(5-3-11)19(21,22)23)8-12(9-25-18)17(28)27-26-14-6-7-16(20)24-10-14/h2-10,26H,1H3,(H,27,28). The molecule has 0 aliphatic heterocycles. The molecule has 0 atom stereocenters. The maximum atomic E-state index is 12.8. The number of hydrazine groups is 1. The summed E-state index contributed by atoms with van der Waals surface area (Å²) in [5, 5.41) is 0. The lowest BCUT2D eigenvalue weighted by molar-refractivity contribution is -0.137. The van der Waals surface area contributed by atoms with Crippen LogP contribution in [0.5, 0.6) is 5.88 Å². The van der Waals surface area contributed by atoms with Crippen molar-refractivity contribution in [1.82, 2.24) is 15.4 Å². The lowest BCUT2D eigenvalue weighted by Crippen LogP contribution is -2.29. The van der Waals surface area contributed by atoms with E-state index in [9.17, 15) is 22.4 Å². The maximum Gasteiger partial charge on any atom is 0.416 e. The van der Waals surface area contributed by atoms with E-state index in [0.29, 0.717) is 16.8 Å². The van der Waals surface area contributed by atoms with Crippen molar-refractivity contribution in [1.29, 1.82) is 0 Å². The fraction of sp³-hybridized carbons (Fsp3) is 0.105. The van der Waals surface area contributed by atoms with Crippen molar-refractivity contribution in [3.05, 3.63) is 71.9 Å². The third kappa shape index (κ3) is 4.78. The van der Waals surface area contributed by atoms with Gasteiger partial charge in [0.25, 0.3) is 5.91 Å². The average molecular weight is 406 g/mol. The molecule has 2 N–H and O–H groups in total. The van der Waals surface area contributed by atoms with Crippen LogP contribution in [0.1, 0.15) is 15.9 Å². The third-order valence-corrected chi connectivity index (χ3v) is 3.88. The summed E-state index contributed by atoms with van der Waals surface area (Å²) in [4.78, 5) is 19.8. The van der Waals surface area contributed by atoms with Crippen LogP contribution in [0.25, 0.3) is 11.1 Å². The summed E-state index contributed by atoms with van der Waals surface area (Å²) in [6.07, 6.45) is -2.01. The van der Waals surface area contributed by atoms with Crippen molar-refractivity contribution in [3.8, 4) is 17.0 Å². The van der Waals surface area contributed by atoms with Gasteiger partial charge in [0.15, 0.2) is 0 Å². The molecule has 10 heteroatoms. The summed E-state index contributed by atoms with van der Waals surface area (Å²) < 4.78 is 56.2. The number of pyridine rings is 2. The molecule has 6 nitrogen and oxygen atoms in total. The number of halogens is 4. The number of carbonyl (C=O) groups is 1. The number of nitrogens with zero attached hydrogens (tertiary/aromatic N) is 2. The molecule has 0 spiro atoms. The second-order valence-corrected chi connectivity index (χ2v) is 5.80. The smallest absolute Gasteiger partial charge is 0.416 e. The van der Waals surface area contributed by atoms with E-state index < -0.39 is 23.6 Å². The average Bonchev–Trinajstić information content (AvgIpc) is 2.72. The normalized spacial score (nSPS) is 11.1. The van der Waals surface area contributed by atoms with Crippen LogP contribution in [0.3, 0.4) is 0 Å². The topological polar surface area (TPSA) is 76.1 Å². The van der Waals surface area contributed by atoms with Gasteiger partial charge in [0.2, 0.25) is 11.8 Å². The van der Waals surface area contributed by atoms with Crippen molar-refractivity contribution in [2.75, 3.05) is 12.5 Å². The summed E-state index contributed by atoms with van der Waals surface area (Å²) in [5.41, 5.74) is 5.40. The summed E-state index contributed by atoms with van der Waals surface area (Å²) in [6.45, 7) is 0. The monoisotopic (exact) mass is 406 g/mol. The minimum atomic E-state index is -4.45. The Morgan fingerprint density at radius 2 is 1.76 bits per heavy atom. The Bertz CT molecular complexity index is 1010. The molecule has 0 unspecified atom stereocenters. The van der Waals surface area contributed by atoms with Crippen LogP contribution in [0.2, 0.25) is 0 Å². The number of rotatable bonds is 5. The number of aromatic nitrogens is 2. The molecule has 0 bridgehead atoms. The fourth-order valence-electron chi connectivity index (χ4n) is 2.44. The summed E-state index contributed by atoms with van der Waals surface area (Å²) >= 11 is 0. The van der Waals surface area contributed by atoms with Crippen LogP contribution in [0, 0.1) is 5.95 Å². The zero-order chi connectivity index (χ0) is 21.0. The van der Waals surface area contributed by atoms with E-state index in [1.165, 1.54) is 43.8 Å². The predicted octanol–water partition coefficient (Wildman–Crippen LogP) is 4.07. The molecule has 2 heterocycles. The van der Waals surface area contributed by atoms with Gasteiger partial charge in [0.1, 0.15) is 0 Å². The number of hydrogen-bond acceptors (Lipinski definition) is 5. The molecule has 150 valence electrons. The molecular formula is C19H14F4N4O2. The highest BCUT2D eigenvalue weighted by molar-refractivity contribution is 5.96. The minimum absolute atomic E-state index is 0.128. The number of benzene rings is 1. The van der Waals surface area contributed by atoms with Gasteiger partial charge in [0, 0.05) is 11.8 Å². The fourth-order valence-corrected chi connectivity index (χ4v) is 2.44. The van der Waals surface area contributed by atoms with Crippen LogP contribution >= 0.6 is 0 Å². The van der Waals surface area contributed by atoms with E-state index in [0.717, 1.165) is 18.2 Å². The first kappa shape index (κ1) is 20.1. The summed E-state index contributed by atoms with van der Waals surface area (Å²) in [7, 11) is 1.36. The van der Waals surface area contributed by atoms with Crippen LogP contribution in [0.4, 0.5) is 23.2 Å². The zero-order valence-electron chi connectivity index (χ0n) is 14.9. The van der Waals surface area contributed by atoms with Gasteiger partial charge in [-0.05, 0) is 35.9 Å². The van der Waals surface area contributed by atoms with E-state index in [-0.39, 0.29) is 11.4 Å². The highest BCUT2D eigenvalue weighted by Gasteiger charge is 2.30. The van der Waals surface area contributed by atoms with Gasteiger partial charge in [-0.2, -0.15) is 17.6 Å². The second-order valence-electron chi connectivity index (χ2n) is 5.80. The molecule has 3 aromatic rings. The molecule has 0 aliphatic rings. The molecule has 1 aromatic carbocycles. The molecule has 1 amide bonds. The Morgan fingerprint density at radius 1 is 1.03 bits per heavy atom. The zero-order valence-corrected chi connectivity index (χ0v) is 14.9. The van der Waals surface area contributed by atoms with Crippen LogP contribution < -0.4 is 15.6 Å². The van der Waals surface area contributed by atoms with E-state index >= 15 is 0 Å². The molecule has 0 saturated carbocycles. The van der Waals surface area contributed by atoms with Crippen LogP contribution in [-0.4, -0.2) is 23.0 Å². The van der Waals surface area contributed by atoms with Gasteiger partial charge in [-0.15, -0.1) is 0 Å². The molecule has 0 fully saturated rings. The molecule has 0 saturated heterocycles. The Hall–Kier alpha value is -3.69.